The molecule has 2 aromatic carbocycles. The molecule has 0 saturated carbocycles. The monoisotopic (exact) mass is 338 g/mol. The second kappa shape index (κ2) is 6.31. The fourth-order valence-electron chi connectivity index (χ4n) is 1.88. The lowest BCUT2D eigenvalue weighted by molar-refractivity contribution is 1.01. The molecule has 19 heavy (non-hydrogen) atoms. The first-order chi connectivity index (χ1) is 9.08. The number of anilines is 2. The van der Waals surface area contributed by atoms with E-state index in [0.29, 0.717) is 10.7 Å². The van der Waals surface area contributed by atoms with E-state index in [0.717, 1.165) is 28.7 Å². The standard InChI is InChI=1S/C15H16BrClN2/c1-10-8-15(14(18)9-13(10)17)19-7-6-11-4-2-3-5-12(11)16/h2-5,8-9,19H,6-7,18H2,1H3. The van der Waals surface area contributed by atoms with Crippen molar-refractivity contribution < 1.29 is 0 Å². The summed E-state index contributed by atoms with van der Waals surface area (Å²) < 4.78 is 1.14. The van der Waals surface area contributed by atoms with E-state index in [9.17, 15) is 0 Å². The maximum Gasteiger partial charge on any atom is 0.0577 e. The minimum Gasteiger partial charge on any atom is -0.397 e. The molecular formula is C15H16BrClN2. The molecule has 0 aliphatic rings. The SMILES string of the molecule is Cc1cc(NCCc2ccccc2Br)c(N)cc1Cl. The Labute approximate surface area is 127 Å². The molecule has 0 radical (unpaired) electrons. The van der Waals surface area contributed by atoms with Crippen LogP contribution in [-0.4, -0.2) is 6.54 Å². The summed E-state index contributed by atoms with van der Waals surface area (Å²) in [5.41, 5.74) is 9.87. The van der Waals surface area contributed by atoms with Crippen LogP contribution in [0.5, 0.6) is 0 Å². The minimum atomic E-state index is 0.683. The molecule has 2 aromatic rings. The summed E-state index contributed by atoms with van der Waals surface area (Å²) in [6, 6.07) is 12.0. The number of nitrogen functional groups attached to an aromatic ring is 1. The van der Waals surface area contributed by atoms with E-state index >= 15 is 0 Å². The second-order valence-corrected chi connectivity index (χ2v) is 5.72. The van der Waals surface area contributed by atoms with Gasteiger partial charge in [-0.1, -0.05) is 45.7 Å². The van der Waals surface area contributed by atoms with E-state index in [1.165, 1.54) is 5.56 Å². The Morgan fingerprint density at radius 1 is 1.26 bits per heavy atom. The summed E-state index contributed by atoms with van der Waals surface area (Å²) in [6.45, 7) is 2.80. The lowest BCUT2D eigenvalue weighted by Gasteiger charge is -2.12. The van der Waals surface area contributed by atoms with Crippen molar-refractivity contribution in [1.82, 2.24) is 0 Å². The largest absolute Gasteiger partial charge is 0.397 e. The molecule has 2 rings (SSSR count). The molecule has 2 nitrogen and oxygen atoms in total. The molecule has 4 heteroatoms. The van der Waals surface area contributed by atoms with Crippen molar-refractivity contribution in [3.8, 4) is 0 Å². The van der Waals surface area contributed by atoms with Gasteiger partial charge in [-0.05, 0) is 42.7 Å². The summed E-state index contributed by atoms with van der Waals surface area (Å²) in [5, 5.41) is 4.05. The molecule has 3 N–H and O–H groups in total. The van der Waals surface area contributed by atoms with E-state index < -0.39 is 0 Å². The molecule has 0 heterocycles. The Hall–Kier alpha value is -1.19. The smallest absolute Gasteiger partial charge is 0.0577 e. The zero-order chi connectivity index (χ0) is 13.8. The van der Waals surface area contributed by atoms with E-state index in [2.05, 4.69) is 33.4 Å². The van der Waals surface area contributed by atoms with Gasteiger partial charge in [-0.15, -0.1) is 0 Å². The normalized spacial score (nSPS) is 10.5. The number of halogens is 2. The van der Waals surface area contributed by atoms with Crippen molar-refractivity contribution in [2.75, 3.05) is 17.6 Å². The predicted octanol–water partition coefficient (Wildman–Crippen LogP) is 4.65. The molecule has 0 saturated heterocycles. The van der Waals surface area contributed by atoms with Crippen molar-refractivity contribution in [3.05, 3.63) is 57.0 Å². The van der Waals surface area contributed by atoms with Gasteiger partial charge in [0, 0.05) is 16.0 Å². The third kappa shape index (κ3) is 3.64. The van der Waals surface area contributed by atoms with Crippen LogP contribution in [0.4, 0.5) is 11.4 Å². The fraction of sp³-hybridized carbons (Fsp3) is 0.200. The molecule has 0 aliphatic carbocycles. The predicted molar refractivity (Wildman–Crippen MR) is 86.9 cm³/mol. The minimum absolute atomic E-state index is 0.683. The van der Waals surface area contributed by atoms with E-state index in [1.54, 1.807) is 6.07 Å². The van der Waals surface area contributed by atoms with Crippen LogP contribution >= 0.6 is 27.5 Å². The number of aryl methyl sites for hydroxylation is 1. The van der Waals surface area contributed by atoms with E-state index in [-0.39, 0.29) is 0 Å². The average molecular weight is 340 g/mol. The van der Waals surface area contributed by atoms with Gasteiger partial charge in [-0.3, -0.25) is 0 Å². The molecule has 0 fully saturated rings. The van der Waals surface area contributed by atoms with Crippen molar-refractivity contribution in [1.29, 1.82) is 0 Å². The van der Waals surface area contributed by atoms with Crippen LogP contribution in [0.3, 0.4) is 0 Å². The van der Waals surface area contributed by atoms with Crippen LogP contribution in [0.25, 0.3) is 0 Å². The molecule has 0 aromatic heterocycles. The van der Waals surface area contributed by atoms with Crippen molar-refractivity contribution >= 4 is 38.9 Å². The number of nitrogens with one attached hydrogen (secondary N) is 1. The molecule has 0 spiro atoms. The van der Waals surface area contributed by atoms with Crippen LogP contribution < -0.4 is 11.1 Å². The molecule has 0 atom stereocenters. The Kier molecular flexibility index (Phi) is 4.72. The highest BCUT2D eigenvalue weighted by atomic mass is 79.9. The van der Waals surface area contributed by atoms with Gasteiger partial charge in [0.25, 0.3) is 0 Å². The van der Waals surface area contributed by atoms with Crippen molar-refractivity contribution in [3.63, 3.8) is 0 Å². The number of hydrogen-bond donors (Lipinski definition) is 2. The zero-order valence-corrected chi connectivity index (χ0v) is 13.1. The molecule has 0 bridgehead atoms. The van der Waals surface area contributed by atoms with Gasteiger partial charge in [0.1, 0.15) is 0 Å². The number of benzene rings is 2. The quantitative estimate of drug-likeness (QED) is 0.796. The van der Waals surface area contributed by atoms with Crippen LogP contribution in [0, 0.1) is 6.92 Å². The highest BCUT2D eigenvalue weighted by Crippen LogP contribution is 2.26. The highest BCUT2D eigenvalue weighted by Gasteiger charge is 2.04. The highest BCUT2D eigenvalue weighted by molar-refractivity contribution is 9.10. The third-order valence-corrected chi connectivity index (χ3v) is 4.18. The fourth-order valence-corrected chi connectivity index (χ4v) is 2.54. The first-order valence-corrected chi connectivity index (χ1v) is 7.28. The summed E-state index contributed by atoms with van der Waals surface area (Å²) in [4.78, 5) is 0. The molecule has 100 valence electrons. The maximum absolute atomic E-state index is 6.02. The maximum atomic E-state index is 6.02. The topological polar surface area (TPSA) is 38.0 Å². The Bertz CT molecular complexity index is 584. The summed E-state index contributed by atoms with van der Waals surface area (Å²) >= 11 is 9.57. The summed E-state index contributed by atoms with van der Waals surface area (Å²) in [6.07, 6.45) is 0.933. The number of nitrogens with two attached hydrogens (primary N) is 1. The lowest BCUT2D eigenvalue weighted by Crippen LogP contribution is -2.07. The van der Waals surface area contributed by atoms with Crippen LogP contribution in [-0.2, 0) is 6.42 Å². The average Bonchev–Trinajstić information content (AvgIpc) is 2.38. The van der Waals surface area contributed by atoms with Gasteiger partial charge in [0.2, 0.25) is 0 Å². The first kappa shape index (κ1) is 14.2. The number of rotatable bonds is 4. The second-order valence-electron chi connectivity index (χ2n) is 4.46. The van der Waals surface area contributed by atoms with Crippen LogP contribution in [0.2, 0.25) is 5.02 Å². The Morgan fingerprint density at radius 3 is 2.74 bits per heavy atom. The van der Waals surface area contributed by atoms with Gasteiger partial charge in [-0.2, -0.15) is 0 Å². The van der Waals surface area contributed by atoms with Crippen LogP contribution in [0.15, 0.2) is 40.9 Å². The first-order valence-electron chi connectivity index (χ1n) is 6.11. The van der Waals surface area contributed by atoms with E-state index in [4.69, 9.17) is 17.3 Å². The molecule has 0 aliphatic heterocycles. The van der Waals surface area contributed by atoms with Gasteiger partial charge in [0.15, 0.2) is 0 Å². The van der Waals surface area contributed by atoms with E-state index in [1.807, 2.05) is 25.1 Å². The molecule has 0 amide bonds. The number of hydrogen-bond acceptors (Lipinski definition) is 2. The van der Waals surface area contributed by atoms with Gasteiger partial charge < -0.3 is 11.1 Å². The van der Waals surface area contributed by atoms with Crippen LogP contribution in [0.1, 0.15) is 11.1 Å². The van der Waals surface area contributed by atoms with Gasteiger partial charge in [-0.25, -0.2) is 0 Å². The molecular weight excluding hydrogens is 324 g/mol. The van der Waals surface area contributed by atoms with Gasteiger partial charge >= 0.3 is 0 Å². The Morgan fingerprint density at radius 2 is 2.00 bits per heavy atom. The third-order valence-electron chi connectivity index (χ3n) is 3.00. The summed E-state index contributed by atoms with van der Waals surface area (Å²) in [7, 11) is 0. The lowest BCUT2D eigenvalue weighted by atomic mass is 10.1. The summed E-state index contributed by atoms with van der Waals surface area (Å²) in [5.74, 6) is 0. The molecule has 0 unspecified atom stereocenters. The Balaban J connectivity index is 2.00. The zero-order valence-electron chi connectivity index (χ0n) is 10.7. The van der Waals surface area contributed by atoms with Crippen molar-refractivity contribution in [2.45, 2.75) is 13.3 Å². The van der Waals surface area contributed by atoms with Crippen molar-refractivity contribution in [2.24, 2.45) is 0 Å². The van der Waals surface area contributed by atoms with Gasteiger partial charge in [0.05, 0.1) is 11.4 Å².